The van der Waals surface area contributed by atoms with E-state index in [1.54, 1.807) is 0 Å². The second-order valence-electron chi connectivity index (χ2n) is 26.5. The van der Waals surface area contributed by atoms with Crippen LogP contribution in [0.4, 0.5) is 22.7 Å². The van der Waals surface area contributed by atoms with Crippen molar-refractivity contribution < 1.29 is 0 Å². The monoisotopic (exact) mass is 1210 g/mol. The molecular weight excluding hydrogens is 1100 g/mol. The minimum Gasteiger partial charge on any atom is -0.397 e. The maximum atomic E-state index is 6.95. The topological polar surface area (TPSA) is 104 Å². The molecule has 0 atom stereocenters. The SMILES string of the molecule is CCCCCCc1cc(C#CC#Cc2cc(CCCCCC)cc(C#CC#Cc3cc(CCCCCC)cc(C#C[Si](C(C)C)(C(C)C)C(C)C)c3N)c2N)c(N)c(C#CC#Cc2cc(CCCCCC)cc(C#C[Si](C(C)C)(C(C)C)C(C)C)c2N)c1. The molecule has 4 aromatic carbocycles. The lowest BCUT2D eigenvalue weighted by Gasteiger charge is -2.38. The van der Waals surface area contributed by atoms with Gasteiger partial charge in [0.15, 0.2) is 0 Å². The van der Waals surface area contributed by atoms with Gasteiger partial charge in [0, 0.05) is 11.1 Å². The summed E-state index contributed by atoms with van der Waals surface area (Å²) in [7, 11) is -3.99. The molecule has 0 radical (unpaired) electrons. The number of anilines is 4. The van der Waals surface area contributed by atoms with Crippen LogP contribution in [0.1, 0.15) is 280 Å². The summed E-state index contributed by atoms with van der Waals surface area (Å²) in [4.78, 5) is 0. The van der Waals surface area contributed by atoms with Gasteiger partial charge in [0.2, 0.25) is 0 Å². The molecule has 4 aromatic rings. The van der Waals surface area contributed by atoms with Gasteiger partial charge < -0.3 is 22.9 Å². The van der Waals surface area contributed by atoms with Gasteiger partial charge >= 0.3 is 0 Å². The predicted octanol–water partition coefficient (Wildman–Crippen LogP) is 19.9. The quantitative estimate of drug-likeness (QED) is 0.0218. The van der Waals surface area contributed by atoms with Gasteiger partial charge in [-0.25, -0.2) is 0 Å². The maximum absolute atomic E-state index is 6.95. The first-order valence-electron chi connectivity index (χ1n) is 33.9. The van der Waals surface area contributed by atoms with Gasteiger partial charge in [0.25, 0.3) is 0 Å². The fourth-order valence-electron chi connectivity index (χ4n) is 13.1. The minimum absolute atomic E-state index is 0.504. The number of benzene rings is 4. The van der Waals surface area contributed by atoms with Crippen molar-refractivity contribution in [1.29, 1.82) is 0 Å². The number of rotatable bonds is 26. The van der Waals surface area contributed by atoms with E-state index >= 15 is 0 Å². The lowest BCUT2D eigenvalue weighted by molar-refractivity contribution is 0.667. The zero-order valence-corrected chi connectivity index (χ0v) is 59.5. The van der Waals surface area contributed by atoms with E-state index in [1.165, 1.54) is 62.5 Å². The second kappa shape index (κ2) is 37.7. The van der Waals surface area contributed by atoms with E-state index in [0.717, 1.165) is 110 Å². The van der Waals surface area contributed by atoms with Crippen molar-refractivity contribution in [3.63, 3.8) is 0 Å². The van der Waals surface area contributed by atoms with Gasteiger partial charge in [-0.2, -0.15) is 0 Å². The summed E-state index contributed by atoms with van der Waals surface area (Å²) in [6, 6.07) is 17.0. The highest BCUT2D eigenvalue weighted by molar-refractivity contribution is 6.91. The first kappa shape index (κ1) is 73.5. The third-order valence-electron chi connectivity index (χ3n) is 18.2. The Hall–Kier alpha value is -7.01. The lowest BCUT2D eigenvalue weighted by Crippen LogP contribution is -2.43. The van der Waals surface area contributed by atoms with Crippen LogP contribution in [-0.2, 0) is 25.7 Å². The highest BCUT2D eigenvalue weighted by atomic mass is 28.3. The summed E-state index contributed by atoms with van der Waals surface area (Å²) < 4.78 is 0. The Morgan fingerprint density at radius 2 is 0.432 bits per heavy atom. The van der Waals surface area contributed by atoms with Crippen LogP contribution in [0, 0.1) is 94.0 Å². The molecule has 6 heteroatoms. The normalized spacial score (nSPS) is 11.0. The van der Waals surface area contributed by atoms with E-state index in [-0.39, 0.29) is 0 Å². The van der Waals surface area contributed by atoms with Gasteiger partial charge in [0.05, 0.1) is 56.1 Å². The molecule has 8 N–H and O–H groups in total. The summed E-state index contributed by atoms with van der Waals surface area (Å²) in [5.41, 5.74) is 51.7. The van der Waals surface area contributed by atoms with Crippen molar-refractivity contribution in [1.82, 2.24) is 0 Å². The number of hydrogen-bond acceptors (Lipinski definition) is 4. The molecule has 0 unspecified atom stereocenters. The number of aryl methyl sites for hydroxylation is 4. The van der Waals surface area contributed by atoms with Gasteiger partial charge in [-0.05, 0) is 191 Å². The van der Waals surface area contributed by atoms with Crippen LogP contribution in [0.25, 0.3) is 0 Å². The summed E-state index contributed by atoms with van der Waals surface area (Å²) in [6.45, 7) is 37.1. The number of unbranched alkanes of at least 4 members (excludes halogenated alkanes) is 12. The Bertz CT molecular complexity index is 3220. The van der Waals surface area contributed by atoms with Crippen molar-refractivity contribution in [2.24, 2.45) is 0 Å². The zero-order valence-electron chi connectivity index (χ0n) is 57.5. The minimum atomic E-state index is -1.99. The fraction of sp³-hybridized carbons (Fsp3) is 0.512. The van der Waals surface area contributed by atoms with Gasteiger partial charge in [-0.3, -0.25) is 0 Å². The molecule has 4 rings (SSSR count). The van der Waals surface area contributed by atoms with Gasteiger partial charge in [0.1, 0.15) is 16.1 Å². The summed E-state index contributed by atoms with van der Waals surface area (Å²) in [6.07, 6.45) is 22.2. The first-order valence-corrected chi connectivity index (χ1v) is 38.4. The average Bonchev–Trinajstić information content (AvgIpc) is 3.27. The predicted molar refractivity (Wildman–Crippen MR) is 392 cm³/mol. The summed E-state index contributed by atoms with van der Waals surface area (Å²) in [5.74, 6) is 46.0. The first-order chi connectivity index (χ1) is 42.1. The van der Waals surface area contributed by atoms with E-state index in [2.05, 4.69) is 253 Å². The molecule has 0 spiro atoms. The third-order valence-corrected chi connectivity index (χ3v) is 30.7. The molecule has 0 bridgehead atoms. The van der Waals surface area contributed by atoms with Crippen LogP contribution in [0.5, 0.6) is 0 Å². The van der Waals surface area contributed by atoms with E-state index < -0.39 is 16.1 Å². The van der Waals surface area contributed by atoms with Gasteiger partial charge in [-0.15, -0.1) is 11.1 Å². The van der Waals surface area contributed by atoms with Crippen LogP contribution in [0.15, 0.2) is 48.5 Å². The van der Waals surface area contributed by atoms with Crippen molar-refractivity contribution >= 4 is 38.9 Å². The molecule has 0 heterocycles. The van der Waals surface area contributed by atoms with Crippen LogP contribution < -0.4 is 22.9 Å². The molecule has 466 valence electrons. The summed E-state index contributed by atoms with van der Waals surface area (Å²) in [5, 5.41) is 0. The Morgan fingerprint density at radius 1 is 0.261 bits per heavy atom. The molecule has 0 aliphatic rings. The molecule has 0 aromatic heterocycles. The highest BCUT2D eigenvalue weighted by Gasteiger charge is 2.43. The van der Waals surface area contributed by atoms with Crippen LogP contribution in [0.2, 0.25) is 33.2 Å². The zero-order chi connectivity index (χ0) is 64.8. The standard InChI is InChI=1S/C82H110N4Si2/c1-17-21-25-29-39-67-53-71(79(83)73(55-67)45-35-37-47-75-57-69(41-31-27-23-19-3)59-77(81(75)85)49-51-87(61(5)6,62(7)8)63(9)10)43-33-34-44-72-54-68(40-30-26-22-18-2)56-74(80(72)84)46-36-38-48-76-58-70(42-32-28-24-20-4)60-78(82(76)86)50-52-88(64(11)12,65(13)14)66(15)16/h53-66H,17-32,39-42,83-86H2,1-16H3. The molecule has 0 saturated heterocycles. The van der Waals surface area contributed by atoms with Crippen molar-refractivity contribution in [2.45, 2.75) is 272 Å². The van der Waals surface area contributed by atoms with Crippen LogP contribution in [0.3, 0.4) is 0 Å². The molecule has 4 nitrogen and oxygen atoms in total. The molecule has 0 aliphatic heterocycles. The van der Waals surface area contributed by atoms with Crippen molar-refractivity contribution in [3.8, 4) is 94.0 Å². The molecule has 0 aliphatic carbocycles. The second-order valence-corrected chi connectivity index (χ2v) is 37.6. The van der Waals surface area contributed by atoms with E-state index in [1.807, 2.05) is 0 Å². The Kier molecular flexibility index (Phi) is 31.5. The largest absolute Gasteiger partial charge is 0.397 e. The van der Waals surface area contributed by atoms with E-state index in [0.29, 0.717) is 78.3 Å². The Labute approximate surface area is 540 Å². The molecule has 88 heavy (non-hydrogen) atoms. The fourth-order valence-corrected chi connectivity index (χ4v) is 23.5. The summed E-state index contributed by atoms with van der Waals surface area (Å²) >= 11 is 0. The lowest BCUT2D eigenvalue weighted by atomic mass is 9.98. The van der Waals surface area contributed by atoms with E-state index in [9.17, 15) is 0 Å². The highest BCUT2D eigenvalue weighted by Crippen LogP contribution is 2.42. The number of nitrogens with two attached hydrogens (primary N) is 4. The molecule has 0 fully saturated rings. The number of hydrogen-bond donors (Lipinski definition) is 4. The smallest absolute Gasteiger partial charge is 0.146 e. The van der Waals surface area contributed by atoms with Crippen molar-refractivity contribution in [3.05, 3.63) is 115 Å². The number of nitrogen functional groups attached to an aromatic ring is 4. The Morgan fingerprint density at radius 3 is 0.591 bits per heavy atom. The van der Waals surface area contributed by atoms with Gasteiger partial charge in [-0.1, -0.05) is 235 Å². The third kappa shape index (κ3) is 21.4. The Balaban J connectivity index is 1.80. The molecular formula is C82H110N4Si2. The molecule has 0 saturated carbocycles. The van der Waals surface area contributed by atoms with E-state index in [4.69, 9.17) is 22.9 Å². The van der Waals surface area contributed by atoms with Crippen LogP contribution in [-0.4, -0.2) is 16.1 Å². The average molecular weight is 1210 g/mol. The molecule has 0 amide bonds. The maximum Gasteiger partial charge on any atom is 0.146 e. The van der Waals surface area contributed by atoms with Crippen molar-refractivity contribution in [2.75, 3.05) is 22.9 Å². The van der Waals surface area contributed by atoms with Crippen LogP contribution >= 0.6 is 0 Å².